The SMILES string of the molecule is CS(=O)(=O)Oc1c(F)ccc(S(N)(=O)=O)c1F. The summed E-state index contributed by atoms with van der Waals surface area (Å²) in [7, 11) is -8.64. The fourth-order valence-electron chi connectivity index (χ4n) is 0.962. The van der Waals surface area contributed by atoms with Crippen molar-refractivity contribution in [2.45, 2.75) is 4.90 Å². The van der Waals surface area contributed by atoms with Gasteiger partial charge in [-0.3, -0.25) is 0 Å². The van der Waals surface area contributed by atoms with Crippen LogP contribution in [0.2, 0.25) is 0 Å². The summed E-state index contributed by atoms with van der Waals surface area (Å²) in [5.74, 6) is -4.39. The Morgan fingerprint density at radius 2 is 1.71 bits per heavy atom. The molecule has 96 valence electrons. The average molecular weight is 287 g/mol. The minimum Gasteiger partial charge on any atom is -0.376 e. The molecule has 0 heterocycles. The highest BCUT2D eigenvalue weighted by atomic mass is 32.2. The Morgan fingerprint density at radius 1 is 1.18 bits per heavy atom. The standard InChI is InChI=1S/C7H7F2NO5S2/c1-16(11,12)15-7-4(8)2-3-5(6(7)9)17(10,13)14/h2-3H,1H3,(H2,10,13,14). The maximum atomic E-state index is 13.5. The van der Waals surface area contributed by atoms with E-state index in [0.29, 0.717) is 18.4 Å². The van der Waals surface area contributed by atoms with Crippen molar-refractivity contribution in [1.29, 1.82) is 0 Å². The highest BCUT2D eigenvalue weighted by molar-refractivity contribution is 7.89. The lowest BCUT2D eigenvalue weighted by atomic mass is 10.3. The van der Waals surface area contributed by atoms with E-state index in [-0.39, 0.29) is 0 Å². The molecule has 17 heavy (non-hydrogen) atoms. The predicted octanol–water partition coefficient (Wildman–Crippen LogP) is -0.0494. The third-order valence-electron chi connectivity index (χ3n) is 1.55. The second kappa shape index (κ2) is 4.20. The van der Waals surface area contributed by atoms with Gasteiger partial charge in [0.15, 0.2) is 11.6 Å². The lowest BCUT2D eigenvalue weighted by Crippen LogP contribution is -2.16. The summed E-state index contributed by atoms with van der Waals surface area (Å²) in [6, 6.07) is 1.10. The Hall–Kier alpha value is -1.26. The molecule has 0 saturated carbocycles. The lowest BCUT2D eigenvalue weighted by Gasteiger charge is -2.07. The molecule has 0 amide bonds. The Kier molecular flexibility index (Phi) is 3.41. The first-order chi connectivity index (χ1) is 7.52. The molecule has 0 bridgehead atoms. The molecule has 0 atom stereocenters. The number of halogens is 2. The Bertz CT molecular complexity index is 653. The van der Waals surface area contributed by atoms with Crippen molar-refractivity contribution in [3.63, 3.8) is 0 Å². The van der Waals surface area contributed by atoms with Crippen LogP contribution in [0, 0.1) is 11.6 Å². The number of primary sulfonamides is 1. The topological polar surface area (TPSA) is 104 Å². The summed E-state index contributed by atoms with van der Waals surface area (Å²) in [4.78, 5) is -1.06. The summed E-state index contributed by atoms with van der Waals surface area (Å²) in [6.45, 7) is 0. The van der Waals surface area contributed by atoms with Crippen LogP contribution >= 0.6 is 0 Å². The Balaban J connectivity index is 3.52. The molecular weight excluding hydrogens is 280 g/mol. The van der Waals surface area contributed by atoms with Gasteiger partial charge in [0.05, 0.1) is 6.26 Å². The number of benzene rings is 1. The van der Waals surface area contributed by atoms with Gasteiger partial charge in [0.25, 0.3) is 0 Å². The van der Waals surface area contributed by atoms with Gasteiger partial charge < -0.3 is 4.18 Å². The number of hydrogen-bond acceptors (Lipinski definition) is 5. The van der Waals surface area contributed by atoms with Crippen LogP contribution in [-0.4, -0.2) is 23.1 Å². The van der Waals surface area contributed by atoms with Crippen LogP contribution in [0.25, 0.3) is 0 Å². The second-order valence-corrected chi connectivity index (χ2v) is 6.13. The zero-order valence-electron chi connectivity index (χ0n) is 8.35. The van der Waals surface area contributed by atoms with Gasteiger partial charge >= 0.3 is 10.1 Å². The van der Waals surface area contributed by atoms with Gasteiger partial charge in [-0.15, -0.1) is 0 Å². The van der Waals surface area contributed by atoms with Crippen LogP contribution in [0.15, 0.2) is 17.0 Å². The molecule has 0 spiro atoms. The molecule has 0 aliphatic carbocycles. The largest absolute Gasteiger partial charge is 0.376 e. The van der Waals surface area contributed by atoms with E-state index < -0.39 is 42.4 Å². The fraction of sp³-hybridized carbons (Fsp3) is 0.143. The molecule has 0 fully saturated rings. The summed E-state index contributed by atoms with van der Waals surface area (Å²) in [5.41, 5.74) is 0. The molecule has 1 aromatic carbocycles. The number of sulfonamides is 1. The van der Waals surface area contributed by atoms with Gasteiger partial charge in [-0.2, -0.15) is 8.42 Å². The van der Waals surface area contributed by atoms with Gasteiger partial charge in [0, 0.05) is 0 Å². The first-order valence-corrected chi connectivity index (χ1v) is 7.29. The molecule has 10 heteroatoms. The van der Waals surface area contributed by atoms with Crippen LogP contribution < -0.4 is 9.32 Å². The van der Waals surface area contributed by atoms with Gasteiger partial charge in [0.2, 0.25) is 15.8 Å². The zero-order chi connectivity index (χ0) is 13.4. The zero-order valence-corrected chi connectivity index (χ0v) is 9.98. The third-order valence-corrected chi connectivity index (χ3v) is 2.95. The highest BCUT2D eigenvalue weighted by Crippen LogP contribution is 2.27. The summed E-state index contributed by atoms with van der Waals surface area (Å²) in [5, 5.41) is 4.65. The summed E-state index contributed by atoms with van der Waals surface area (Å²) < 4.78 is 73.8. The first-order valence-electron chi connectivity index (χ1n) is 3.92. The molecular formula is C7H7F2NO5S2. The second-order valence-electron chi connectivity index (χ2n) is 3.02. The molecule has 1 rings (SSSR count). The van der Waals surface area contributed by atoms with Crippen LogP contribution in [0.4, 0.5) is 8.78 Å². The molecule has 2 N–H and O–H groups in total. The molecule has 0 aromatic heterocycles. The van der Waals surface area contributed by atoms with Crippen molar-refractivity contribution in [3.8, 4) is 5.75 Å². The highest BCUT2D eigenvalue weighted by Gasteiger charge is 2.24. The minimum atomic E-state index is -4.44. The first kappa shape index (κ1) is 13.8. The van der Waals surface area contributed by atoms with Crippen molar-refractivity contribution in [2.24, 2.45) is 5.14 Å². The molecule has 0 saturated heterocycles. The molecule has 0 unspecified atom stereocenters. The molecule has 6 nitrogen and oxygen atoms in total. The Labute approximate surface area is 96.2 Å². The summed E-state index contributed by atoms with van der Waals surface area (Å²) >= 11 is 0. The number of rotatable bonds is 3. The molecule has 0 radical (unpaired) electrons. The van der Waals surface area contributed by atoms with Gasteiger partial charge in [-0.05, 0) is 12.1 Å². The van der Waals surface area contributed by atoms with E-state index in [9.17, 15) is 25.6 Å². The normalized spacial score (nSPS) is 12.5. The fourth-order valence-corrected chi connectivity index (χ4v) is 2.02. The van der Waals surface area contributed by atoms with E-state index in [4.69, 9.17) is 0 Å². The number of nitrogens with two attached hydrogens (primary N) is 1. The quantitative estimate of drug-likeness (QED) is 0.785. The van der Waals surface area contributed by atoms with Crippen molar-refractivity contribution < 1.29 is 29.8 Å². The van der Waals surface area contributed by atoms with Crippen LogP contribution in [0.5, 0.6) is 5.75 Å². The van der Waals surface area contributed by atoms with Gasteiger partial charge in [0.1, 0.15) is 4.90 Å². The predicted molar refractivity (Wildman–Crippen MR) is 53.2 cm³/mol. The van der Waals surface area contributed by atoms with Crippen LogP contribution in [0.3, 0.4) is 0 Å². The number of hydrogen-bond donors (Lipinski definition) is 1. The lowest BCUT2D eigenvalue weighted by molar-refractivity contribution is 0.429. The smallest absolute Gasteiger partial charge is 0.306 e. The maximum absolute atomic E-state index is 13.5. The van der Waals surface area contributed by atoms with Gasteiger partial charge in [-0.1, -0.05) is 0 Å². The molecule has 1 aromatic rings. The van der Waals surface area contributed by atoms with Crippen LogP contribution in [-0.2, 0) is 20.1 Å². The molecule has 0 aliphatic heterocycles. The average Bonchev–Trinajstić information content (AvgIpc) is 2.08. The third kappa shape index (κ3) is 3.35. The Morgan fingerprint density at radius 3 is 2.12 bits per heavy atom. The summed E-state index contributed by atoms with van der Waals surface area (Å²) in [6.07, 6.45) is 0.551. The van der Waals surface area contributed by atoms with Crippen LogP contribution in [0.1, 0.15) is 0 Å². The monoisotopic (exact) mass is 287 g/mol. The van der Waals surface area contributed by atoms with E-state index in [1.807, 2.05) is 0 Å². The van der Waals surface area contributed by atoms with E-state index in [0.717, 1.165) is 0 Å². The van der Waals surface area contributed by atoms with Crippen molar-refractivity contribution in [1.82, 2.24) is 0 Å². The van der Waals surface area contributed by atoms with E-state index >= 15 is 0 Å². The van der Waals surface area contributed by atoms with E-state index in [1.165, 1.54) is 0 Å². The van der Waals surface area contributed by atoms with Crippen molar-refractivity contribution in [2.75, 3.05) is 6.26 Å². The molecule has 0 aliphatic rings. The van der Waals surface area contributed by atoms with E-state index in [1.54, 1.807) is 0 Å². The minimum absolute atomic E-state index is 0.531. The van der Waals surface area contributed by atoms with Crippen molar-refractivity contribution in [3.05, 3.63) is 23.8 Å². The van der Waals surface area contributed by atoms with Gasteiger partial charge in [-0.25, -0.2) is 22.3 Å². The van der Waals surface area contributed by atoms with Crippen molar-refractivity contribution >= 4 is 20.1 Å². The maximum Gasteiger partial charge on any atom is 0.306 e. The van der Waals surface area contributed by atoms with E-state index in [2.05, 4.69) is 9.32 Å².